The van der Waals surface area contributed by atoms with E-state index in [1.165, 1.54) is 0 Å². The first-order valence-electron chi connectivity index (χ1n) is 3.94. The maximum atomic E-state index is 11.6. The molecule has 1 rings (SSSR count). The van der Waals surface area contributed by atoms with Gasteiger partial charge in [-0.3, -0.25) is 4.79 Å². The molecule has 1 aromatic carbocycles. The normalized spacial score (nSPS) is 10.1. The number of benzene rings is 1. The maximum absolute atomic E-state index is 11.6. The lowest BCUT2D eigenvalue weighted by atomic mass is 10.1. The minimum Gasteiger partial charge on any atom is -0.293 e. The number of hydrogen-bond acceptors (Lipinski definition) is 2. The van der Waals surface area contributed by atoms with Crippen LogP contribution in [0.5, 0.6) is 0 Å². The summed E-state index contributed by atoms with van der Waals surface area (Å²) < 4.78 is 0.925. The summed E-state index contributed by atoms with van der Waals surface area (Å²) in [5.41, 5.74) is 1.89. The SMILES string of the molecule is CSCC(=O)c1cccc(C)c1Br. The van der Waals surface area contributed by atoms with E-state index in [-0.39, 0.29) is 5.78 Å². The molecule has 0 N–H and O–H groups in total. The van der Waals surface area contributed by atoms with E-state index in [9.17, 15) is 4.79 Å². The fourth-order valence-electron chi connectivity index (χ4n) is 1.07. The molecule has 0 bridgehead atoms. The molecule has 0 saturated carbocycles. The Labute approximate surface area is 91.0 Å². The van der Waals surface area contributed by atoms with Crippen LogP contribution in [0.1, 0.15) is 15.9 Å². The Kier molecular flexibility index (Phi) is 4.00. The summed E-state index contributed by atoms with van der Waals surface area (Å²) in [7, 11) is 0. The van der Waals surface area contributed by atoms with Crippen molar-refractivity contribution in [3.8, 4) is 0 Å². The van der Waals surface area contributed by atoms with Crippen molar-refractivity contribution in [2.45, 2.75) is 6.92 Å². The van der Waals surface area contributed by atoms with Gasteiger partial charge in [0.1, 0.15) is 0 Å². The van der Waals surface area contributed by atoms with Gasteiger partial charge in [0.25, 0.3) is 0 Å². The van der Waals surface area contributed by atoms with E-state index < -0.39 is 0 Å². The molecule has 0 saturated heterocycles. The van der Waals surface area contributed by atoms with Crippen LogP contribution in [-0.2, 0) is 0 Å². The van der Waals surface area contributed by atoms with Crippen molar-refractivity contribution in [2.75, 3.05) is 12.0 Å². The zero-order valence-corrected chi connectivity index (χ0v) is 10.0. The third-order valence-electron chi connectivity index (χ3n) is 1.77. The summed E-state index contributed by atoms with van der Waals surface area (Å²) in [6.07, 6.45) is 1.93. The highest BCUT2D eigenvalue weighted by Crippen LogP contribution is 2.22. The van der Waals surface area contributed by atoms with Crippen LogP contribution in [0.15, 0.2) is 22.7 Å². The number of Topliss-reactive ketones (excluding diaryl/α,β-unsaturated/α-hetero) is 1. The van der Waals surface area contributed by atoms with Gasteiger partial charge < -0.3 is 0 Å². The van der Waals surface area contributed by atoms with Gasteiger partial charge in [-0.05, 0) is 34.7 Å². The van der Waals surface area contributed by atoms with Gasteiger partial charge in [-0.2, -0.15) is 11.8 Å². The van der Waals surface area contributed by atoms with Gasteiger partial charge in [-0.25, -0.2) is 0 Å². The van der Waals surface area contributed by atoms with Crippen LogP contribution in [0.2, 0.25) is 0 Å². The molecule has 0 aliphatic rings. The minimum atomic E-state index is 0.183. The van der Waals surface area contributed by atoms with E-state index >= 15 is 0 Å². The van der Waals surface area contributed by atoms with Gasteiger partial charge in [0.2, 0.25) is 0 Å². The van der Waals surface area contributed by atoms with Crippen LogP contribution in [0, 0.1) is 6.92 Å². The molecule has 0 fully saturated rings. The number of halogens is 1. The summed E-state index contributed by atoms with van der Waals surface area (Å²) in [5.74, 6) is 0.727. The average molecular weight is 259 g/mol. The highest BCUT2D eigenvalue weighted by atomic mass is 79.9. The van der Waals surface area contributed by atoms with Crippen LogP contribution < -0.4 is 0 Å². The second-order valence-corrected chi connectivity index (χ2v) is 4.45. The molecule has 0 heterocycles. The molecular formula is C10H11BrOS. The smallest absolute Gasteiger partial charge is 0.173 e. The largest absolute Gasteiger partial charge is 0.293 e. The highest BCUT2D eigenvalue weighted by molar-refractivity contribution is 9.10. The van der Waals surface area contributed by atoms with E-state index in [2.05, 4.69) is 15.9 Å². The summed E-state index contributed by atoms with van der Waals surface area (Å²) in [6.45, 7) is 1.99. The molecule has 1 nitrogen and oxygen atoms in total. The Balaban J connectivity index is 3.01. The van der Waals surface area contributed by atoms with E-state index in [0.717, 1.165) is 15.6 Å². The quantitative estimate of drug-likeness (QED) is 0.775. The lowest BCUT2D eigenvalue weighted by Gasteiger charge is -2.04. The van der Waals surface area contributed by atoms with Crippen molar-refractivity contribution in [1.82, 2.24) is 0 Å². The van der Waals surface area contributed by atoms with Crippen molar-refractivity contribution < 1.29 is 4.79 Å². The predicted molar refractivity (Wildman–Crippen MR) is 61.6 cm³/mol. The highest BCUT2D eigenvalue weighted by Gasteiger charge is 2.09. The van der Waals surface area contributed by atoms with Gasteiger partial charge >= 0.3 is 0 Å². The third kappa shape index (κ3) is 2.58. The molecule has 0 unspecified atom stereocenters. The summed E-state index contributed by atoms with van der Waals surface area (Å²) in [6, 6.07) is 5.75. The first-order chi connectivity index (χ1) is 6.16. The number of thioether (sulfide) groups is 1. The minimum absolute atomic E-state index is 0.183. The number of aryl methyl sites for hydroxylation is 1. The van der Waals surface area contributed by atoms with Gasteiger partial charge in [-0.1, -0.05) is 18.2 Å². The van der Waals surface area contributed by atoms with E-state index in [0.29, 0.717) is 5.75 Å². The Morgan fingerprint density at radius 3 is 2.85 bits per heavy atom. The Morgan fingerprint density at radius 2 is 2.23 bits per heavy atom. The van der Waals surface area contributed by atoms with Gasteiger partial charge in [0.05, 0.1) is 5.75 Å². The fraction of sp³-hybridized carbons (Fsp3) is 0.300. The van der Waals surface area contributed by atoms with Gasteiger partial charge in [0, 0.05) is 10.0 Å². The van der Waals surface area contributed by atoms with Crippen molar-refractivity contribution in [2.24, 2.45) is 0 Å². The van der Waals surface area contributed by atoms with Gasteiger partial charge in [0.15, 0.2) is 5.78 Å². The lowest BCUT2D eigenvalue weighted by molar-refractivity contribution is 0.102. The Bertz CT molecular complexity index is 323. The van der Waals surface area contributed by atoms with Crippen LogP contribution >= 0.6 is 27.7 Å². The van der Waals surface area contributed by atoms with Crippen LogP contribution in [0.4, 0.5) is 0 Å². The number of carbonyl (C=O) groups is 1. The van der Waals surface area contributed by atoms with Crippen molar-refractivity contribution in [1.29, 1.82) is 0 Å². The zero-order valence-electron chi connectivity index (χ0n) is 7.63. The molecular weight excluding hydrogens is 248 g/mol. The average Bonchev–Trinajstić information content (AvgIpc) is 2.10. The molecule has 0 atom stereocenters. The van der Waals surface area contributed by atoms with Crippen LogP contribution in [-0.4, -0.2) is 17.8 Å². The number of ketones is 1. The van der Waals surface area contributed by atoms with Crippen LogP contribution in [0.25, 0.3) is 0 Å². The summed E-state index contributed by atoms with van der Waals surface area (Å²) in [5, 5.41) is 0. The number of rotatable bonds is 3. The summed E-state index contributed by atoms with van der Waals surface area (Å²) in [4.78, 5) is 11.6. The maximum Gasteiger partial charge on any atom is 0.173 e. The fourth-order valence-corrected chi connectivity index (χ4v) is 1.97. The number of carbonyl (C=O) groups excluding carboxylic acids is 1. The second-order valence-electron chi connectivity index (χ2n) is 2.79. The first kappa shape index (κ1) is 10.8. The first-order valence-corrected chi connectivity index (χ1v) is 6.12. The molecule has 0 aromatic heterocycles. The van der Waals surface area contributed by atoms with E-state index in [4.69, 9.17) is 0 Å². The molecule has 3 heteroatoms. The molecule has 70 valence electrons. The third-order valence-corrected chi connectivity index (χ3v) is 3.37. The topological polar surface area (TPSA) is 17.1 Å². The molecule has 0 aliphatic carbocycles. The van der Waals surface area contributed by atoms with Crippen molar-refractivity contribution in [3.63, 3.8) is 0 Å². The molecule has 13 heavy (non-hydrogen) atoms. The van der Waals surface area contributed by atoms with Crippen molar-refractivity contribution in [3.05, 3.63) is 33.8 Å². The zero-order chi connectivity index (χ0) is 9.84. The molecule has 0 amide bonds. The van der Waals surface area contributed by atoms with Gasteiger partial charge in [-0.15, -0.1) is 0 Å². The Morgan fingerprint density at radius 1 is 1.54 bits per heavy atom. The monoisotopic (exact) mass is 258 g/mol. The lowest BCUT2D eigenvalue weighted by Crippen LogP contribution is -2.03. The molecule has 0 aliphatic heterocycles. The van der Waals surface area contributed by atoms with E-state index in [1.54, 1.807) is 11.8 Å². The Hall–Kier alpha value is -0.280. The molecule has 0 radical (unpaired) electrons. The number of hydrogen-bond donors (Lipinski definition) is 0. The van der Waals surface area contributed by atoms with Crippen molar-refractivity contribution >= 4 is 33.5 Å². The van der Waals surface area contributed by atoms with Crippen LogP contribution in [0.3, 0.4) is 0 Å². The molecule has 1 aromatic rings. The molecule has 0 spiro atoms. The standard InChI is InChI=1S/C10H11BrOS/c1-7-4-3-5-8(10(7)11)9(12)6-13-2/h3-5H,6H2,1-2H3. The van der Waals surface area contributed by atoms with E-state index in [1.807, 2.05) is 31.4 Å². The predicted octanol–water partition coefficient (Wildman–Crippen LogP) is 3.30. The second kappa shape index (κ2) is 4.82. The summed E-state index contributed by atoms with van der Waals surface area (Å²) >= 11 is 4.97.